The Balaban J connectivity index is 2.42. The molecule has 1 aliphatic carbocycles. The minimum Gasteiger partial charge on any atom is -0.354 e. The van der Waals surface area contributed by atoms with Crippen LogP contribution >= 0.6 is 0 Å². The molecule has 0 aliphatic heterocycles. The third-order valence-electron chi connectivity index (χ3n) is 4.53. The highest BCUT2D eigenvalue weighted by Crippen LogP contribution is 2.27. The average molecular weight is 255 g/mol. The fourth-order valence-electron chi connectivity index (χ4n) is 2.20. The first-order valence-corrected chi connectivity index (χ1v) is 6.94. The van der Waals surface area contributed by atoms with Crippen molar-refractivity contribution in [3.63, 3.8) is 0 Å². The molecule has 18 heavy (non-hydrogen) atoms. The third kappa shape index (κ3) is 3.95. The number of nitrogens with two attached hydrogens (primary N) is 1. The fraction of sp³-hybridized carbons (Fsp3) is 0.929. The summed E-state index contributed by atoms with van der Waals surface area (Å²) in [5, 5.41) is 3.07. The zero-order valence-electron chi connectivity index (χ0n) is 12.5. The molecule has 4 heteroatoms. The van der Waals surface area contributed by atoms with E-state index in [9.17, 15) is 4.79 Å². The van der Waals surface area contributed by atoms with Gasteiger partial charge in [0, 0.05) is 24.0 Å². The number of amides is 1. The Kier molecular flexibility index (Phi) is 5.17. The molecule has 0 radical (unpaired) electrons. The van der Waals surface area contributed by atoms with Gasteiger partial charge in [-0.15, -0.1) is 0 Å². The van der Waals surface area contributed by atoms with Gasteiger partial charge in [-0.2, -0.15) is 0 Å². The summed E-state index contributed by atoms with van der Waals surface area (Å²) >= 11 is 0. The smallest absolute Gasteiger partial charge is 0.223 e. The van der Waals surface area contributed by atoms with Crippen LogP contribution in [0.1, 0.15) is 40.0 Å². The molecule has 1 aliphatic rings. The monoisotopic (exact) mass is 255 g/mol. The van der Waals surface area contributed by atoms with Gasteiger partial charge >= 0.3 is 0 Å². The summed E-state index contributed by atoms with van der Waals surface area (Å²) in [6, 6.07) is 0.177. The summed E-state index contributed by atoms with van der Waals surface area (Å²) in [4.78, 5) is 14.3. The molecule has 1 rings (SSSR count). The van der Waals surface area contributed by atoms with Crippen LogP contribution in [0.25, 0.3) is 0 Å². The van der Waals surface area contributed by atoms with E-state index >= 15 is 0 Å². The number of likely N-dealkylation sites (N-methyl/N-ethyl adjacent to an activating group) is 1. The van der Waals surface area contributed by atoms with Crippen LogP contribution in [0.5, 0.6) is 0 Å². The zero-order chi connectivity index (χ0) is 13.9. The summed E-state index contributed by atoms with van der Waals surface area (Å²) < 4.78 is 0. The third-order valence-corrected chi connectivity index (χ3v) is 4.53. The summed E-state index contributed by atoms with van der Waals surface area (Å²) in [6.45, 7) is 7.11. The molecule has 4 nitrogen and oxygen atoms in total. The molecular formula is C14H29N3O. The normalized spacial score (nSPS) is 29.4. The second-order valence-electron chi connectivity index (χ2n) is 6.58. The van der Waals surface area contributed by atoms with Gasteiger partial charge in [0.05, 0.1) is 0 Å². The molecule has 0 aromatic carbocycles. The van der Waals surface area contributed by atoms with Crippen molar-refractivity contribution >= 4 is 5.91 Å². The molecule has 0 saturated heterocycles. The quantitative estimate of drug-likeness (QED) is 0.794. The Morgan fingerprint density at radius 2 is 2.00 bits per heavy atom. The van der Waals surface area contributed by atoms with Crippen LogP contribution in [-0.4, -0.2) is 43.0 Å². The molecule has 0 heterocycles. The van der Waals surface area contributed by atoms with Crippen molar-refractivity contribution in [3.8, 4) is 0 Å². The van der Waals surface area contributed by atoms with Crippen molar-refractivity contribution in [2.75, 3.05) is 20.6 Å². The number of hydrogen-bond donors (Lipinski definition) is 2. The maximum atomic E-state index is 12.1. The van der Waals surface area contributed by atoms with Gasteiger partial charge in [0.2, 0.25) is 5.91 Å². The van der Waals surface area contributed by atoms with Crippen LogP contribution in [0.2, 0.25) is 0 Å². The fourth-order valence-corrected chi connectivity index (χ4v) is 2.20. The van der Waals surface area contributed by atoms with E-state index < -0.39 is 0 Å². The highest BCUT2D eigenvalue weighted by atomic mass is 16.1. The SMILES string of the molecule is CC1CCC(C(=O)NCC(C)(C)N(C)C)CC1N. The Bertz CT molecular complexity index is 289. The van der Waals surface area contributed by atoms with Gasteiger partial charge in [-0.1, -0.05) is 6.92 Å². The molecule has 0 spiro atoms. The van der Waals surface area contributed by atoms with E-state index in [-0.39, 0.29) is 23.4 Å². The molecule has 3 N–H and O–H groups in total. The van der Waals surface area contributed by atoms with E-state index in [4.69, 9.17) is 5.73 Å². The first-order chi connectivity index (χ1) is 8.24. The molecule has 0 aromatic heterocycles. The number of nitrogens with zero attached hydrogens (tertiary/aromatic N) is 1. The highest BCUT2D eigenvalue weighted by Gasteiger charge is 2.30. The molecule has 3 atom stereocenters. The lowest BCUT2D eigenvalue weighted by Gasteiger charge is -2.35. The zero-order valence-corrected chi connectivity index (χ0v) is 12.5. The summed E-state index contributed by atoms with van der Waals surface area (Å²) in [5.74, 6) is 0.828. The van der Waals surface area contributed by atoms with Crippen LogP contribution in [-0.2, 0) is 4.79 Å². The van der Waals surface area contributed by atoms with E-state index in [1.807, 2.05) is 14.1 Å². The van der Waals surface area contributed by atoms with Gasteiger partial charge < -0.3 is 16.0 Å². The Hall–Kier alpha value is -0.610. The van der Waals surface area contributed by atoms with Crippen LogP contribution in [0, 0.1) is 11.8 Å². The van der Waals surface area contributed by atoms with Gasteiger partial charge in [-0.3, -0.25) is 4.79 Å². The largest absolute Gasteiger partial charge is 0.354 e. The number of nitrogens with one attached hydrogen (secondary N) is 1. The molecule has 3 unspecified atom stereocenters. The lowest BCUT2D eigenvalue weighted by Crippen LogP contribution is -2.50. The topological polar surface area (TPSA) is 58.4 Å². The minimum absolute atomic E-state index is 0.0142. The lowest BCUT2D eigenvalue weighted by atomic mass is 9.79. The van der Waals surface area contributed by atoms with Crippen molar-refractivity contribution in [1.29, 1.82) is 0 Å². The maximum Gasteiger partial charge on any atom is 0.223 e. The van der Waals surface area contributed by atoms with E-state index in [0.717, 1.165) is 19.3 Å². The number of hydrogen-bond acceptors (Lipinski definition) is 3. The first kappa shape index (κ1) is 15.4. The maximum absolute atomic E-state index is 12.1. The van der Waals surface area contributed by atoms with Crippen LogP contribution in [0.15, 0.2) is 0 Å². The van der Waals surface area contributed by atoms with Gasteiger partial charge in [0.15, 0.2) is 0 Å². The molecule has 0 aromatic rings. The Morgan fingerprint density at radius 1 is 1.39 bits per heavy atom. The number of carbonyl (C=O) groups is 1. The number of rotatable bonds is 4. The second kappa shape index (κ2) is 6.02. The summed E-state index contributed by atoms with van der Waals surface area (Å²) in [7, 11) is 4.06. The number of carbonyl (C=O) groups excluding carboxylic acids is 1. The Labute approximate surface area is 111 Å². The molecule has 1 saturated carbocycles. The lowest BCUT2D eigenvalue weighted by molar-refractivity contribution is -0.126. The van der Waals surface area contributed by atoms with Gasteiger partial charge in [0.1, 0.15) is 0 Å². The standard InChI is InChI=1S/C14H29N3O/c1-10-6-7-11(8-12(10)15)13(18)16-9-14(2,3)17(4)5/h10-12H,6-9,15H2,1-5H3,(H,16,18). The van der Waals surface area contributed by atoms with Crippen molar-refractivity contribution in [3.05, 3.63) is 0 Å². The average Bonchev–Trinajstić information content (AvgIpc) is 2.29. The molecule has 106 valence electrons. The van der Waals surface area contributed by atoms with Gasteiger partial charge in [-0.25, -0.2) is 0 Å². The van der Waals surface area contributed by atoms with E-state index in [1.165, 1.54) is 0 Å². The first-order valence-electron chi connectivity index (χ1n) is 6.94. The summed E-state index contributed by atoms with van der Waals surface area (Å²) in [6.07, 6.45) is 2.87. The van der Waals surface area contributed by atoms with Crippen LogP contribution in [0.4, 0.5) is 0 Å². The highest BCUT2D eigenvalue weighted by molar-refractivity contribution is 5.78. The summed E-state index contributed by atoms with van der Waals surface area (Å²) in [5.41, 5.74) is 6.03. The minimum atomic E-state index is -0.0142. The Morgan fingerprint density at radius 3 is 2.50 bits per heavy atom. The molecule has 1 fully saturated rings. The molecule has 0 bridgehead atoms. The van der Waals surface area contributed by atoms with Crippen molar-refractivity contribution in [1.82, 2.24) is 10.2 Å². The van der Waals surface area contributed by atoms with Gasteiger partial charge in [0.25, 0.3) is 0 Å². The van der Waals surface area contributed by atoms with Gasteiger partial charge in [-0.05, 0) is 53.1 Å². The predicted octanol–water partition coefficient (Wildman–Crippen LogP) is 1.21. The predicted molar refractivity (Wildman–Crippen MR) is 75.3 cm³/mol. The second-order valence-corrected chi connectivity index (χ2v) is 6.58. The van der Waals surface area contributed by atoms with Crippen LogP contribution in [0.3, 0.4) is 0 Å². The molecular weight excluding hydrogens is 226 g/mol. The van der Waals surface area contributed by atoms with Crippen LogP contribution < -0.4 is 11.1 Å². The van der Waals surface area contributed by atoms with E-state index in [0.29, 0.717) is 12.5 Å². The van der Waals surface area contributed by atoms with Crippen molar-refractivity contribution in [2.45, 2.75) is 51.6 Å². The van der Waals surface area contributed by atoms with Crippen molar-refractivity contribution < 1.29 is 4.79 Å². The van der Waals surface area contributed by atoms with E-state index in [2.05, 4.69) is 31.0 Å². The van der Waals surface area contributed by atoms with Crippen molar-refractivity contribution in [2.24, 2.45) is 17.6 Å². The van der Waals surface area contributed by atoms with E-state index in [1.54, 1.807) is 0 Å². The molecule has 1 amide bonds.